The Kier molecular flexibility index (Phi) is 18.2. The maximum atomic E-state index is 6.73. The summed E-state index contributed by atoms with van der Waals surface area (Å²) in [4.78, 5) is 0. The van der Waals surface area contributed by atoms with Gasteiger partial charge in [-0.25, -0.2) is 0 Å². The second-order valence-electron chi connectivity index (χ2n) is 13.9. The molecule has 0 atom stereocenters. The standard InChI is InChI=1S/C48H62O/c1-41-29-27-39-47(45(41)37-25-15-11-7-3-5-9-13-19-31-43-33-21-17-22-34-43)49-48-40-28-30-42(2)46(48)38-26-16-12-8-4-6-10-14-20-32-44-35-23-18-24-36-44/h17-24,27-36,39-40H,3-16,25-26,37-38H2,1-2H3. The lowest BCUT2D eigenvalue weighted by molar-refractivity contribution is 0.464. The Bertz CT molecular complexity index is 1380. The molecule has 0 unspecified atom stereocenters. The van der Waals surface area contributed by atoms with Gasteiger partial charge in [-0.1, -0.05) is 173 Å². The molecule has 0 saturated heterocycles. The van der Waals surface area contributed by atoms with E-state index < -0.39 is 0 Å². The van der Waals surface area contributed by atoms with E-state index in [0.29, 0.717) is 0 Å². The van der Waals surface area contributed by atoms with Crippen molar-refractivity contribution in [3.8, 4) is 11.5 Å². The van der Waals surface area contributed by atoms with Gasteiger partial charge in [0, 0.05) is 0 Å². The first-order chi connectivity index (χ1) is 24.2. The Labute approximate surface area is 299 Å². The molecule has 260 valence electrons. The topological polar surface area (TPSA) is 9.23 Å². The highest BCUT2D eigenvalue weighted by Gasteiger charge is 2.12. The molecule has 0 aromatic heterocycles. The number of ether oxygens (including phenoxy) is 1. The summed E-state index contributed by atoms with van der Waals surface area (Å²) in [5.74, 6) is 2.10. The monoisotopic (exact) mass is 654 g/mol. The van der Waals surface area contributed by atoms with Crippen molar-refractivity contribution in [2.75, 3.05) is 0 Å². The molecule has 0 aliphatic carbocycles. The normalized spacial score (nSPS) is 11.6. The van der Waals surface area contributed by atoms with Crippen LogP contribution in [0.3, 0.4) is 0 Å². The van der Waals surface area contributed by atoms with Gasteiger partial charge in [0.05, 0.1) is 0 Å². The van der Waals surface area contributed by atoms with E-state index in [2.05, 4.69) is 135 Å². The van der Waals surface area contributed by atoms with Crippen molar-refractivity contribution in [3.63, 3.8) is 0 Å². The third kappa shape index (κ3) is 15.1. The number of hydrogen-bond donors (Lipinski definition) is 0. The Morgan fingerprint density at radius 3 is 1.16 bits per heavy atom. The fourth-order valence-corrected chi connectivity index (χ4v) is 6.76. The van der Waals surface area contributed by atoms with Crippen molar-refractivity contribution in [1.29, 1.82) is 0 Å². The zero-order valence-corrected chi connectivity index (χ0v) is 30.7. The van der Waals surface area contributed by atoms with E-state index in [0.717, 1.165) is 24.3 Å². The maximum Gasteiger partial charge on any atom is 0.130 e. The third-order valence-corrected chi connectivity index (χ3v) is 9.77. The van der Waals surface area contributed by atoms with Gasteiger partial charge in [0.15, 0.2) is 0 Å². The van der Waals surface area contributed by atoms with E-state index >= 15 is 0 Å². The molecule has 0 bridgehead atoms. The molecule has 0 aliphatic heterocycles. The van der Waals surface area contributed by atoms with Crippen molar-refractivity contribution < 1.29 is 4.74 Å². The zero-order valence-electron chi connectivity index (χ0n) is 30.7. The molecule has 4 aromatic carbocycles. The minimum absolute atomic E-state index is 1.05. The predicted molar refractivity (Wildman–Crippen MR) is 215 cm³/mol. The molecule has 0 amide bonds. The quantitative estimate of drug-likeness (QED) is 0.0683. The van der Waals surface area contributed by atoms with E-state index in [1.54, 1.807) is 0 Å². The highest BCUT2D eigenvalue weighted by molar-refractivity contribution is 5.49. The van der Waals surface area contributed by atoms with Crippen molar-refractivity contribution >= 4 is 12.2 Å². The van der Waals surface area contributed by atoms with Gasteiger partial charge in [-0.15, -0.1) is 0 Å². The Hall–Kier alpha value is -3.84. The summed E-state index contributed by atoms with van der Waals surface area (Å²) < 4.78 is 6.73. The molecule has 0 N–H and O–H groups in total. The number of benzene rings is 4. The van der Waals surface area contributed by atoms with Gasteiger partial charge in [0.1, 0.15) is 11.5 Å². The van der Waals surface area contributed by atoms with Crippen LogP contribution in [-0.4, -0.2) is 0 Å². The number of hydrogen-bond acceptors (Lipinski definition) is 1. The SMILES string of the molecule is Cc1cccc(Oc2cccc(C)c2CCCCCCCCCC=Cc2ccccc2)c1CCCCCCCCCC=Cc1ccccc1. The molecule has 1 nitrogen and oxygen atoms in total. The summed E-state index contributed by atoms with van der Waals surface area (Å²) in [6.07, 6.45) is 32.1. The van der Waals surface area contributed by atoms with Crippen molar-refractivity contribution in [2.24, 2.45) is 0 Å². The van der Waals surface area contributed by atoms with E-state index in [-0.39, 0.29) is 0 Å². The van der Waals surface area contributed by atoms with Gasteiger partial charge < -0.3 is 4.74 Å². The van der Waals surface area contributed by atoms with Crippen LogP contribution < -0.4 is 4.74 Å². The van der Waals surface area contributed by atoms with Gasteiger partial charge >= 0.3 is 0 Å². The summed E-state index contributed by atoms with van der Waals surface area (Å²) in [7, 11) is 0. The number of allylic oxidation sites excluding steroid dienone is 2. The average Bonchev–Trinajstić information content (AvgIpc) is 3.12. The smallest absolute Gasteiger partial charge is 0.130 e. The third-order valence-electron chi connectivity index (χ3n) is 9.77. The second-order valence-corrected chi connectivity index (χ2v) is 13.9. The summed E-state index contributed by atoms with van der Waals surface area (Å²) in [6.45, 7) is 4.49. The Morgan fingerprint density at radius 1 is 0.388 bits per heavy atom. The fraction of sp³-hybridized carbons (Fsp3) is 0.417. The molecule has 0 heterocycles. The van der Waals surface area contributed by atoms with Crippen LogP contribution in [0.25, 0.3) is 12.2 Å². The Balaban J connectivity index is 1.10. The van der Waals surface area contributed by atoms with Gasteiger partial charge in [0.2, 0.25) is 0 Å². The molecule has 0 saturated carbocycles. The highest BCUT2D eigenvalue weighted by atomic mass is 16.5. The lowest BCUT2D eigenvalue weighted by Crippen LogP contribution is -2.00. The molecule has 49 heavy (non-hydrogen) atoms. The van der Waals surface area contributed by atoms with E-state index in [9.17, 15) is 0 Å². The molecule has 4 aromatic rings. The summed E-state index contributed by atoms with van der Waals surface area (Å²) >= 11 is 0. The highest BCUT2D eigenvalue weighted by Crippen LogP contribution is 2.33. The molecule has 4 rings (SSSR count). The fourth-order valence-electron chi connectivity index (χ4n) is 6.76. The minimum Gasteiger partial charge on any atom is -0.457 e. The first-order valence-electron chi connectivity index (χ1n) is 19.5. The number of rotatable bonds is 24. The van der Waals surface area contributed by atoms with Crippen LogP contribution in [0.5, 0.6) is 11.5 Å². The second kappa shape index (κ2) is 23.5. The average molecular weight is 655 g/mol. The van der Waals surface area contributed by atoms with Gasteiger partial charge in [-0.2, -0.15) is 0 Å². The lowest BCUT2D eigenvalue weighted by Gasteiger charge is -2.17. The minimum atomic E-state index is 1.05. The van der Waals surface area contributed by atoms with Crippen LogP contribution >= 0.6 is 0 Å². The molecule has 0 fully saturated rings. The summed E-state index contributed by atoms with van der Waals surface area (Å²) in [5, 5.41) is 0. The van der Waals surface area contributed by atoms with E-state index in [4.69, 9.17) is 4.74 Å². The van der Waals surface area contributed by atoms with Gasteiger partial charge in [-0.3, -0.25) is 0 Å². The molecule has 0 spiro atoms. The lowest BCUT2D eigenvalue weighted by atomic mass is 9.98. The van der Waals surface area contributed by atoms with Crippen LogP contribution in [-0.2, 0) is 12.8 Å². The first kappa shape index (κ1) is 38.0. The predicted octanol–water partition coefficient (Wildman–Crippen LogP) is 14.8. The molecule has 1 heteroatoms. The Morgan fingerprint density at radius 2 is 0.755 bits per heavy atom. The molecule has 0 radical (unpaired) electrons. The van der Waals surface area contributed by atoms with E-state index in [1.165, 1.54) is 136 Å². The van der Waals surface area contributed by atoms with Crippen LogP contribution in [0.2, 0.25) is 0 Å². The first-order valence-corrected chi connectivity index (χ1v) is 19.5. The van der Waals surface area contributed by atoms with Crippen molar-refractivity contribution in [2.45, 2.75) is 129 Å². The molecular formula is C48H62O. The van der Waals surface area contributed by atoms with Crippen molar-refractivity contribution in [3.05, 3.63) is 143 Å². The van der Waals surface area contributed by atoms with Gasteiger partial charge in [-0.05, 0) is 111 Å². The number of unbranched alkanes of at least 4 members (excludes halogenated alkanes) is 14. The summed E-state index contributed by atoms with van der Waals surface area (Å²) in [5.41, 5.74) is 8.07. The van der Waals surface area contributed by atoms with Crippen molar-refractivity contribution in [1.82, 2.24) is 0 Å². The van der Waals surface area contributed by atoms with E-state index in [1.807, 2.05) is 0 Å². The van der Waals surface area contributed by atoms with Crippen LogP contribution in [0.4, 0.5) is 0 Å². The number of aryl methyl sites for hydroxylation is 2. The van der Waals surface area contributed by atoms with Crippen LogP contribution in [0.15, 0.2) is 109 Å². The maximum absolute atomic E-state index is 6.73. The zero-order chi connectivity index (χ0) is 34.2. The van der Waals surface area contributed by atoms with Crippen LogP contribution in [0.1, 0.15) is 136 Å². The van der Waals surface area contributed by atoms with Gasteiger partial charge in [0.25, 0.3) is 0 Å². The summed E-state index contributed by atoms with van der Waals surface area (Å²) in [6, 6.07) is 34.4. The molecular weight excluding hydrogens is 593 g/mol. The largest absolute Gasteiger partial charge is 0.457 e. The van der Waals surface area contributed by atoms with Crippen LogP contribution in [0, 0.1) is 13.8 Å². The molecule has 0 aliphatic rings.